The molecule has 0 unspecified atom stereocenters. The predicted octanol–water partition coefficient (Wildman–Crippen LogP) is 3.97. The molecule has 3 nitrogen and oxygen atoms in total. The molecule has 0 atom stereocenters. The molecule has 8 aromatic rings. The van der Waals surface area contributed by atoms with Crippen molar-refractivity contribution in [3.8, 4) is 45.3 Å². The van der Waals surface area contributed by atoms with Crippen molar-refractivity contribution < 1.29 is 0 Å². The van der Waals surface area contributed by atoms with Crippen molar-refractivity contribution in [2.75, 3.05) is 0 Å². The number of fused-ring (bicyclic) bond motifs is 3. The molecule has 0 bridgehead atoms. The average Bonchev–Trinajstić information content (AvgIpc) is 3.12. The molecular formula is C39H20B5N3. The summed E-state index contributed by atoms with van der Waals surface area (Å²) < 4.78 is 0. The van der Waals surface area contributed by atoms with Gasteiger partial charge in [0.25, 0.3) is 0 Å². The van der Waals surface area contributed by atoms with Crippen LogP contribution in [0.25, 0.3) is 77.6 Å². The Morgan fingerprint density at radius 3 is 1.06 bits per heavy atom. The van der Waals surface area contributed by atoms with Crippen molar-refractivity contribution in [3.05, 3.63) is 121 Å². The molecule has 8 rings (SSSR count). The van der Waals surface area contributed by atoms with Crippen molar-refractivity contribution in [2.45, 2.75) is 0 Å². The zero-order valence-corrected chi connectivity index (χ0v) is 25.3. The lowest BCUT2D eigenvalue weighted by atomic mass is 9.59. The van der Waals surface area contributed by atoms with E-state index in [1.807, 2.05) is 54.6 Å². The molecule has 1 aromatic heterocycles. The fourth-order valence-electron chi connectivity index (χ4n) is 6.12. The molecule has 0 fully saturated rings. The lowest BCUT2D eigenvalue weighted by Gasteiger charge is -2.21. The van der Waals surface area contributed by atoms with E-state index in [9.17, 15) is 0 Å². The first-order valence-electron chi connectivity index (χ1n) is 15.1. The maximum atomic E-state index is 6.40. The Bertz CT molecular complexity index is 2420. The lowest BCUT2D eigenvalue weighted by molar-refractivity contribution is 1.08. The molecule has 0 aliphatic carbocycles. The summed E-state index contributed by atoms with van der Waals surface area (Å²) in [6, 6.07) is 41.1. The monoisotopic (exact) mass is 585 g/mol. The number of nitrogens with zero attached hydrogens (tertiary/aromatic N) is 3. The van der Waals surface area contributed by atoms with E-state index in [1.165, 1.54) is 0 Å². The maximum absolute atomic E-state index is 6.40. The molecule has 10 radical (unpaired) electrons. The molecule has 0 saturated heterocycles. The van der Waals surface area contributed by atoms with E-state index >= 15 is 0 Å². The van der Waals surface area contributed by atoms with Gasteiger partial charge in [0, 0.05) is 16.7 Å². The van der Waals surface area contributed by atoms with Gasteiger partial charge < -0.3 is 0 Å². The second-order valence-corrected chi connectivity index (χ2v) is 11.7. The second-order valence-electron chi connectivity index (χ2n) is 11.7. The van der Waals surface area contributed by atoms with Gasteiger partial charge in [-0.3, -0.25) is 0 Å². The van der Waals surface area contributed by atoms with Gasteiger partial charge in [-0.1, -0.05) is 108 Å². The molecule has 47 heavy (non-hydrogen) atoms. The summed E-state index contributed by atoms with van der Waals surface area (Å²) in [7, 11) is 31.2. The Morgan fingerprint density at radius 1 is 0.298 bits per heavy atom. The summed E-state index contributed by atoms with van der Waals surface area (Å²) in [6.07, 6.45) is 0. The van der Waals surface area contributed by atoms with Gasteiger partial charge in [-0.25, -0.2) is 15.0 Å². The SMILES string of the molecule is [B]c1c([B])c([B])c(-c2ccc3ccc(-c4nc(-c5ccc6ccccc6c5)nc(-c5ccc6ccccc6c5)n4)cc3c2)c([B])c1[B]. The smallest absolute Gasteiger partial charge is 0.164 e. The third-order valence-electron chi connectivity index (χ3n) is 8.74. The highest BCUT2D eigenvalue weighted by Crippen LogP contribution is 2.31. The molecule has 7 aromatic carbocycles. The highest BCUT2D eigenvalue weighted by molar-refractivity contribution is 6.68. The van der Waals surface area contributed by atoms with Crippen molar-refractivity contribution in [1.82, 2.24) is 15.0 Å². The number of aromatic nitrogens is 3. The zero-order chi connectivity index (χ0) is 32.2. The summed E-state index contributed by atoms with van der Waals surface area (Å²) in [6.45, 7) is 0. The lowest BCUT2D eigenvalue weighted by Crippen LogP contribution is -2.55. The first-order valence-corrected chi connectivity index (χ1v) is 15.1. The third kappa shape index (κ3) is 5.15. The normalized spacial score (nSPS) is 11.4. The quantitative estimate of drug-likeness (QED) is 0.294. The Balaban J connectivity index is 1.31. The van der Waals surface area contributed by atoms with Crippen LogP contribution in [-0.2, 0) is 0 Å². The van der Waals surface area contributed by atoms with Gasteiger partial charge in [0.15, 0.2) is 17.5 Å². The van der Waals surface area contributed by atoms with Crippen molar-refractivity contribution in [3.63, 3.8) is 0 Å². The van der Waals surface area contributed by atoms with E-state index in [1.54, 1.807) is 0 Å². The fraction of sp³-hybridized carbons (Fsp3) is 0. The molecule has 0 N–H and O–H groups in total. The molecule has 0 spiro atoms. The van der Waals surface area contributed by atoms with Gasteiger partial charge in [0.2, 0.25) is 0 Å². The summed E-state index contributed by atoms with van der Waals surface area (Å²) in [4.78, 5) is 15.0. The van der Waals surface area contributed by atoms with Gasteiger partial charge in [0.05, 0.1) is 0 Å². The van der Waals surface area contributed by atoms with Gasteiger partial charge in [-0.05, 0) is 67.7 Å². The molecule has 0 amide bonds. The molecule has 0 saturated carbocycles. The average molecular weight is 585 g/mol. The number of hydrogen-bond donors (Lipinski definition) is 0. The van der Waals surface area contributed by atoms with Crippen LogP contribution in [-0.4, -0.2) is 54.2 Å². The van der Waals surface area contributed by atoms with Crippen LogP contribution in [0.1, 0.15) is 0 Å². The van der Waals surface area contributed by atoms with E-state index in [0.29, 0.717) is 34.0 Å². The van der Waals surface area contributed by atoms with Crippen LogP contribution in [0.3, 0.4) is 0 Å². The van der Waals surface area contributed by atoms with E-state index in [2.05, 4.69) is 66.7 Å². The standard InChI is InChI=1S/C39H20B5N3/c40-32-31(33(41)35(43)36(44)34(32)42)26-13-9-23-12-16-29(20-30(23)19-26)39-46-37(27-14-10-21-5-1-3-7-24(21)17-27)45-38(47-39)28-15-11-22-6-2-4-8-25(22)18-28/h1-20H. The minimum Gasteiger partial charge on any atom is -0.208 e. The summed E-state index contributed by atoms with van der Waals surface area (Å²) in [5.74, 6) is 1.73. The Labute approximate surface area is 279 Å². The largest absolute Gasteiger partial charge is 0.208 e. The van der Waals surface area contributed by atoms with Crippen molar-refractivity contribution in [2.24, 2.45) is 0 Å². The number of benzene rings is 7. The summed E-state index contributed by atoms with van der Waals surface area (Å²) in [5, 5.41) is 6.48. The summed E-state index contributed by atoms with van der Waals surface area (Å²) >= 11 is 0. The zero-order valence-electron chi connectivity index (χ0n) is 25.3. The molecular weight excluding hydrogens is 565 g/mol. The van der Waals surface area contributed by atoms with Crippen molar-refractivity contribution in [1.29, 1.82) is 0 Å². The van der Waals surface area contributed by atoms with E-state index in [-0.39, 0.29) is 16.4 Å². The van der Waals surface area contributed by atoms with Crippen LogP contribution in [0.2, 0.25) is 0 Å². The Morgan fingerprint density at radius 2 is 0.617 bits per heavy atom. The topological polar surface area (TPSA) is 38.7 Å². The van der Waals surface area contributed by atoms with Crippen LogP contribution in [0.15, 0.2) is 121 Å². The first kappa shape index (κ1) is 29.1. The number of rotatable bonds is 4. The van der Waals surface area contributed by atoms with Crippen LogP contribution >= 0.6 is 0 Å². The highest BCUT2D eigenvalue weighted by Gasteiger charge is 2.16. The minimum absolute atomic E-state index is 0.186. The van der Waals surface area contributed by atoms with Crippen LogP contribution in [0, 0.1) is 0 Å². The van der Waals surface area contributed by atoms with Gasteiger partial charge in [-0.15, -0.1) is 16.4 Å². The molecule has 0 aliphatic rings. The Kier molecular flexibility index (Phi) is 7.10. The van der Waals surface area contributed by atoms with Crippen LogP contribution in [0.5, 0.6) is 0 Å². The van der Waals surface area contributed by atoms with E-state index in [0.717, 1.165) is 54.6 Å². The first-order chi connectivity index (χ1) is 22.8. The van der Waals surface area contributed by atoms with E-state index < -0.39 is 0 Å². The second kappa shape index (κ2) is 11.5. The van der Waals surface area contributed by atoms with Crippen molar-refractivity contribution >= 4 is 98.9 Å². The van der Waals surface area contributed by atoms with E-state index in [4.69, 9.17) is 54.2 Å². The third-order valence-corrected chi connectivity index (χ3v) is 8.74. The Hall–Kier alpha value is -5.35. The summed E-state index contributed by atoms with van der Waals surface area (Å²) in [5.41, 5.74) is 5.17. The van der Waals surface area contributed by atoms with Gasteiger partial charge in [0.1, 0.15) is 39.2 Å². The predicted molar refractivity (Wildman–Crippen MR) is 201 cm³/mol. The number of hydrogen-bond acceptors (Lipinski definition) is 3. The van der Waals surface area contributed by atoms with Crippen LogP contribution in [0.4, 0.5) is 0 Å². The minimum atomic E-state index is 0.186. The molecule has 8 heteroatoms. The van der Waals surface area contributed by atoms with Gasteiger partial charge >= 0.3 is 0 Å². The highest BCUT2D eigenvalue weighted by atomic mass is 15.0. The molecule has 206 valence electrons. The molecule has 0 aliphatic heterocycles. The fourth-order valence-corrected chi connectivity index (χ4v) is 6.12. The maximum Gasteiger partial charge on any atom is 0.164 e. The van der Waals surface area contributed by atoms with Gasteiger partial charge in [-0.2, -0.15) is 0 Å². The molecule has 1 heterocycles. The van der Waals surface area contributed by atoms with Crippen LogP contribution < -0.4 is 27.3 Å².